The van der Waals surface area contributed by atoms with Crippen LogP contribution in [0.1, 0.15) is 46.2 Å². The molecule has 7 heteroatoms. The number of likely N-dealkylation sites (tertiary alicyclic amines) is 1. The van der Waals surface area contributed by atoms with Crippen LogP contribution in [-0.4, -0.2) is 46.9 Å². The first-order valence-corrected chi connectivity index (χ1v) is 11.1. The molecule has 2 aromatic carbocycles. The molecule has 0 spiro atoms. The quantitative estimate of drug-likeness (QED) is 0.596. The van der Waals surface area contributed by atoms with Gasteiger partial charge in [0.1, 0.15) is 11.6 Å². The molecule has 2 amide bonds. The van der Waals surface area contributed by atoms with Crippen LogP contribution in [0.5, 0.6) is 5.75 Å². The number of carbonyl (C=O) groups excluding carboxylic acids is 2. The molecule has 170 valence electrons. The number of aryl methyl sites for hydroxylation is 2. The highest BCUT2D eigenvalue weighted by Crippen LogP contribution is 2.26. The van der Waals surface area contributed by atoms with Crippen molar-refractivity contribution in [3.8, 4) is 5.75 Å². The highest BCUT2D eigenvalue weighted by atomic mass is 16.5. The molecule has 0 unspecified atom stereocenters. The molecule has 1 fully saturated rings. The minimum absolute atomic E-state index is 0.0862. The third kappa shape index (κ3) is 5.55. The molecule has 0 saturated carbocycles. The smallest absolute Gasteiger partial charge is 0.259 e. The van der Waals surface area contributed by atoms with Crippen molar-refractivity contribution in [1.82, 2.24) is 14.9 Å². The Kier molecular flexibility index (Phi) is 6.98. The van der Waals surface area contributed by atoms with E-state index in [9.17, 15) is 9.59 Å². The molecule has 0 radical (unpaired) electrons. The Morgan fingerprint density at radius 3 is 2.58 bits per heavy atom. The number of hydrogen-bond acceptors (Lipinski definition) is 5. The van der Waals surface area contributed by atoms with E-state index in [1.54, 1.807) is 37.6 Å². The molecule has 1 aliphatic heterocycles. The Bertz CT molecular complexity index is 1120. The molecule has 1 aliphatic rings. The average molecular weight is 445 g/mol. The summed E-state index contributed by atoms with van der Waals surface area (Å²) >= 11 is 0. The fourth-order valence-corrected chi connectivity index (χ4v) is 4.03. The zero-order chi connectivity index (χ0) is 23.2. The van der Waals surface area contributed by atoms with E-state index in [0.717, 1.165) is 18.6 Å². The lowest BCUT2D eigenvalue weighted by Gasteiger charge is -2.16. The van der Waals surface area contributed by atoms with Crippen molar-refractivity contribution in [2.24, 2.45) is 0 Å². The molecular formula is C26H28N4O3. The number of aromatic nitrogens is 2. The van der Waals surface area contributed by atoms with Crippen LogP contribution in [0.3, 0.4) is 0 Å². The van der Waals surface area contributed by atoms with Crippen molar-refractivity contribution in [1.29, 1.82) is 0 Å². The fourth-order valence-electron chi connectivity index (χ4n) is 4.03. The van der Waals surface area contributed by atoms with Gasteiger partial charge in [-0.3, -0.25) is 9.59 Å². The first-order valence-electron chi connectivity index (χ1n) is 11.1. The van der Waals surface area contributed by atoms with Crippen molar-refractivity contribution in [3.63, 3.8) is 0 Å². The molecule has 3 aromatic rings. The van der Waals surface area contributed by atoms with E-state index in [-0.39, 0.29) is 17.7 Å². The number of nitrogens with zero attached hydrogens (tertiary/aromatic N) is 3. The number of rotatable bonds is 7. The first kappa shape index (κ1) is 22.5. The average Bonchev–Trinajstić information content (AvgIpc) is 3.34. The summed E-state index contributed by atoms with van der Waals surface area (Å²) in [7, 11) is 1.60. The Morgan fingerprint density at radius 1 is 1.12 bits per heavy atom. The minimum atomic E-state index is -0.256. The molecule has 2 heterocycles. The van der Waals surface area contributed by atoms with Gasteiger partial charge in [0.15, 0.2) is 0 Å². The molecule has 1 saturated heterocycles. The number of methoxy groups -OCH3 is 1. The summed E-state index contributed by atoms with van der Waals surface area (Å²) in [6.45, 7) is 3.14. The lowest BCUT2D eigenvalue weighted by atomic mass is 10.1. The monoisotopic (exact) mass is 444 g/mol. The highest BCUT2D eigenvalue weighted by molar-refractivity contribution is 6.04. The molecule has 1 atom stereocenters. The maximum absolute atomic E-state index is 12.7. The zero-order valence-electron chi connectivity index (χ0n) is 19.0. The second-order valence-electron chi connectivity index (χ2n) is 8.22. The van der Waals surface area contributed by atoms with E-state index in [4.69, 9.17) is 4.74 Å². The van der Waals surface area contributed by atoms with Gasteiger partial charge in [0.2, 0.25) is 5.91 Å². The number of carbonyl (C=O) groups is 2. The van der Waals surface area contributed by atoms with Gasteiger partial charge < -0.3 is 15.0 Å². The second kappa shape index (κ2) is 10.3. The maximum Gasteiger partial charge on any atom is 0.259 e. The summed E-state index contributed by atoms with van der Waals surface area (Å²) in [6, 6.07) is 17.2. The Balaban J connectivity index is 1.34. The number of anilines is 1. The largest absolute Gasteiger partial charge is 0.497 e. The van der Waals surface area contributed by atoms with Gasteiger partial charge in [-0.25, -0.2) is 9.97 Å². The van der Waals surface area contributed by atoms with Crippen LogP contribution in [0.15, 0.2) is 60.8 Å². The summed E-state index contributed by atoms with van der Waals surface area (Å²) < 4.78 is 5.14. The number of hydrogen-bond donors (Lipinski definition) is 1. The van der Waals surface area contributed by atoms with Gasteiger partial charge in [-0.15, -0.1) is 0 Å². The van der Waals surface area contributed by atoms with Crippen molar-refractivity contribution in [3.05, 3.63) is 83.4 Å². The predicted octanol–water partition coefficient (Wildman–Crippen LogP) is 3.99. The van der Waals surface area contributed by atoms with Gasteiger partial charge in [-0.2, -0.15) is 0 Å². The summed E-state index contributed by atoms with van der Waals surface area (Å²) in [5.74, 6) is 1.40. The molecular weight excluding hydrogens is 416 g/mol. The Morgan fingerprint density at radius 2 is 1.88 bits per heavy atom. The summed E-state index contributed by atoms with van der Waals surface area (Å²) in [4.78, 5) is 36.3. The van der Waals surface area contributed by atoms with Crippen molar-refractivity contribution in [2.45, 2.75) is 32.1 Å². The lowest BCUT2D eigenvalue weighted by molar-refractivity contribution is -0.130. The number of nitrogens with one attached hydrogen (secondary N) is 1. The van der Waals surface area contributed by atoms with Gasteiger partial charge in [0, 0.05) is 37.3 Å². The molecule has 7 nitrogen and oxygen atoms in total. The van der Waals surface area contributed by atoms with Crippen LogP contribution in [0.25, 0.3) is 0 Å². The van der Waals surface area contributed by atoms with Gasteiger partial charge in [0.25, 0.3) is 5.91 Å². The van der Waals surface area contributed by atoms with E-state index in [1.807, 2.05) is 42.2 Å². The molecule has 0 aliphatic carbocycles. The van der Waals surface area contributed by atoms with Crippen LogP contribution in [0.4, 0.5) is 5.69 Å². The van der Waals surface area contributed by atoms with Gasteiger partial charge in [0.05, 0.1) is 18.4 Å². The number of ether oxygens (including phenoxy) is 1. The Hall–Kier alpha value is -3.74. The van der Waals surface area contributed by atoms with E-state index in [2.05, 4.69) is 15.3 Å². The molecule has 1 aromatic heterocycles. The standard InChI is InChI=1S/C26H28N4O3/c1-18-23(26(32)29-21-9-11-22(33-2)12-10-21)16-27-25(28-18)20-14-15-30(17-20)24(31)13-8-19-6-4-3-5-7-19/h3-7,9-12,16,20H,8,13-15,17H2,1-2H3,(H,29,32)/t20-/m0/s1. The summed E-state index contributed by atoms with van der Waals surface area (Å²) in [5, 5.41) is 2.86. The van der Waals surface area contributed by atoms with E-state index < -0.39 is 0 Å². The molecule has 4 rings (SSSR count). The van der Waals surface area contributed by atoms with Crippen LogP contribution in [0.2, 0.25) is 0 Å². The molecule has 1 N–H and O–H groups in total. The zero-order valence-corrected chi connectivity index (χ0v) is 19.0. The van der Waals surface area contributed by atoms with Crippen molar-refractivity contribution in [2.75, 3.05) is 25.5 Å². The van der Waals surface area contributed by atoms with E-state index >= 15 is 0 Å². The lowest BCUT2D eigenvalue weighted by Crippen LogP contribution is -2.28. The fraction of sp³-hybridized carbons (Fsp3) is 0.308. The molecule has 0 bridgehead atoms. The van der Waals surface area contributed by atoms with Gasteiger partial charge in [-0.05, 0) is 49.6 Å². The number of amides is 2. The van der Waals surface area contributed by atoms with Crippen LogP contribution >= 0.6 is 0 Å². The third-order valence-corrected chi connectivity index (χ3v) is 5.97. The van der Waals surface area contributed by atoms with Gasteiger partial charge in [-0.1, -0.05) is 30.3 Å². The molecule has 33 heavy (non-hydrogen) atoms. The van der Waals surface area contributed by atoms with Gasteiger partial charge >= 0.3 is 0 Å². The van der Waals surface area contributed by atoms with Crippen LogP contribution < -0.4 is 10.1 Å². The SMILES string of the molecule is COc1ccc(NC(=O)c2cnc([C@H]3CCN(C(=O)CCc4ccccc4)C3)nc2C)cc1. The topological polar surface area (TPSA) is 84.4 Å². The van der Waals surface area contributed by atoms with Crippen molar-refractivity contribution < 1.29 is 14.3 Å². The van der Waals surface area contributed by atoms with Crippen LogP contribution in [0, 0.1) is 6.92 Å². The summed E-state index contributed by atoms with van der Waals surface area (Å²) in [6.07, 6.45) is 3.65. The Labute approximate surface area is 193 Å². The van der Waals surface area contributed by atoms with E-state index in [1.165, 1.54) is 5.56 Å². The first-order chi connectivity index (χ1) is 16.0. The second-order valence-corrected chi connectivity index (χ2v) is 8.22. The van der Waals surface area contributed by atoms with Crippen molar-refractivity contribution >= 4 is 17.5 Å². The predicted molar refractivity (Wildman–Crippen MR) is 126 cm³/mol. The van der Waals surface area contributed by atoms with Crippen LogP contribution in [-0.2, 0) is 11.2 Å². The third-order valence-electron chi connectivity index (χ3n) is 5.97. The van der Waals surface area contributed by atoms with E-state index in [0.29, 0.717) is 42.3 Å². The number of benzene rings is 2. The minimum Gasteiger partial charge on any atom is -0.497 e. The summed E-state index contributed by atoms with van der Waals surface area (Å²) in [5.41, 5.74) is 2.90. The highest BCUT2D eigenvalue weighted by Gasteiger charge is 2.29. The maximum atomic E-state index is 12.7. The normalized spacial score (nSPS) is 15.3.